The second kappa shape index (κ2) is 8.88. The Balaban J connectivity index is 4.67. The Morgan fingerprint density at radius 2 is 1.36 bits per heavy atom. The summed E-state index contributed by atoms with van der Waals surface area (Å²) in [5.41, 5.74) is 0. The summed E-state index contributed by atoms with van der Waals surface area (Å²) < 4.78 is 0. The van der Waals surface area contributed by atoms with Gasteiger partial charge in [0.05, 0.1) is 12.1 Å². The number of hydrogen-bond donors (Lipinski definition) is 2. The monoisotopic (exact) mass is 313 g/mol. The van der Waals surface area contributed by atoms with Crippen molar-refractivity contribution in [2.24, 2.45) is 5.92 Å². The van der Waals surface area contributed by atoms with Gasteiger partial charge in [0.25, 0.3) is 0 Å². The molecule has 3 unspecified atom stereocenters. The van der Waals surface area contributed by atoms with Crippen LogP contribution in [0.4, 0.5) is 0 Å². The van der Waals surface area contributed by atoms with Crippen molar-refractivity contribution in [2.45, 2.75) is 72.6 Å². The summed E-state index contributed by atoms with van der Waals surface area (Å²) in [6.07, 6.45) is 0. The van der Waals surface area contributed by atoms with E-state index >= 15 is 0 Å². The lowest BCUT2D eigenvalue weighted by molar-refractivity contribution is -0.140. The van der Waals surface area contributed by atoms with Crippen LogP contribution in [0, 0.1) is 5.92 Å². The van der Waals surface area contributed by atoms with Crippen molar-refractivity contribution >= 4 is 17.6 Å². The molecule has 0 aromatic heterocycles. The summed E-state index contributed by atoms with van der Waals surface area (Å²) in [5.74, 6) is -0.641. The third-order valence-corrected chi connectivity index (χ3v) is 3.62. The number of carbonyl (C=O) groups is 3. The highest BCUT2D eigenvalue weighted by Gasteiger charge is 2.28. The van der Waals surface area contributed by atoms with Gasteiger partial charge in [-0.2, -0.15) is 0 Å². The standard InChI is InChI=1S/C16H31N3O3/c1-9(2)14(20)11(5)18-15(21)13(7)19(8)16(22)12(6)17-10(3)4/h9-13,17H,1-8H3,(H,18,21). The minimum absolute atomic E-state index is 0.0237. The van der Waals surface area contributed by atoms with Crippen molar-refractivity contribution in [1.29, 1.82) is 0 Å². The second-order valence-corrected chi connectivity index (χ2v) is 6.46. The van der Waals surface area contributed by atoms with Gasteiger partial charge < -0.3 is 15.5 Å². The third kappa shape index (κ3) is 6.13. The first-order valence-corrected chi connectivity index (χ1v) is 7.85. The van der Waals surface area contributed by atoms with Gasteiger partial charge in [-0.15, -0.1) is 0 Å². The molecule has 2 amide bonds. The predicted octanol–water partition coefficient (Wildman–Crippen LogP) is 0.950. The van der Waals surface area contributed by atoms with E-state index < -0.39 is 12.1 Å². The van der Waals surface area contributed by atoms with E-state index in [-0.39, 0.29) is 35.6 Å². The minimum Gasteiger partial charge on any atom is -0.345 e. The Bertz CT molecular complexity index is 407. The lowest BCUT2D eigenvalue weighted by Gasteiger charge is -2.29. The summed E-state index contributed by atoms with van der Waals surface area (Å²) in [5, 5.41) is 5.79. The summed E-state index contributed by atoms with van der Waals surface area (Å²) in [7, 11) is 1.60. The van der Waals surface area contributed by atoms with Crippen LogP contribution < -0.4 is 10.6 Å². The number of ketones is 1. The quantitative estimate of drug-likeness (QED) is 0.699. The van der Waals surface area contributed by atoms with Crippen molar-refractivity contribution in [3.8, 4) is 0 Å². The van der Waals surface area contributed by atoms with Crippen LogP contribution in [0.15, 0.2) is 0 Å². The molecule has 0 aromatic rings. The Morgan fingerprint density at radius 3 is 1.77 bits per heavy atom. The maximum Gasteiger partial charge on any atom is 0.243 e. The van der Waals surface area contributed by atoms with Gasteiger partial charge in [-0.05, 0) is 20.8 Å². The molecule has 0 aliphatic rings. The number of rotatable bonds is 8. The van der Waals surface area contributed by atoms with E-state index in [1.54, 1.807) is 41.7 Å². The molecule has 0 fully saturated rings. The molecule has 0 radical (unpaired) electrons. The largest absolute Gasteiger partial charge is 0.345 e. The molecule has 0 bridgehead atoms. The van der Waals surface area contributed by atoms with Crippen LogP contribution in [0.3, 0.4) is 0 Å². The molecular formula is C16H31N3O3. The van der Waals surface area contributed by atoms with Crippen LogP contribution in [0.5, 0.6) is 0 Å². The molecule has 0 saturated heterocycles. The van der Waals surface area contributed by atoms with Crippen LogP contribution in [0.25, 0.3) is 0 Å². The Morgan fingerprint density at radius 1 is 0.864 bits per heavy atom. The van der Waals surface area contributed by atoms with Crippen LogP contribution in [-0.2, 0) is 14.4 Å². The summed E-state index contributed by atoms with van der Waals surface area (Å²) in [6, 6.07) is -1.37. The number of carbonyl (C=O) groups excluding carboxylic acids is 3. The van der Waals surface area contributed by atoms with E-state index in [4.69, 9.17) is 0 Å². The maximum atomic E-state index is 12.3. The molecule has 2 N–H and O–H groups in total. The van der Waals surface area contributed by atoms with Gasteiger partial charge in [-0.1, -0.05) is 27.7 Å². The minimum atomic E-state index is -0.633. The molecular weight excluding hydrogens is 282 g/mol. The molecule has 0 aromatic carbocycles. The fourth-order valence-electron chi connectivity index (χ4n) is 2.15. The van der Waals surface area contributed by atoms with Gasteiger partial charge in [0, 0.05) is 19.0 Å². The van der Waals surface area contributed by atoms with E-state index in [1.165, 1.54) is 4.90 Å². The van der Waals surface area contributed by atoms with Crippen molar-refractivity contribution in [3.63, 3.8) is 0 Å². The zero-order chi connectivity index (χ0) is 17.6. The smallest absolute Gasteiger partial charge is 0.243 e. The molecule has 3 atom stereocenters. The fraction of sp³-hybridized carbons (Fsp3) is 0.812. The van der Waals surface area contributed by atoms with E-state index in [0.717, 1.165) is 0 Å². The zero-order valence-electron chi connectivity index (χ0n) is 15.1. The van der Waals surface area contributed by atoms with Crippen molar-refractivity contribution in [3.05, 3.63) is 0 Å². The van der Waals surface area contributed by atoms with Gasteiger partial charge in [-0.25, -0.2) is 0 Å². The SMILES string of the molecule is CC(C)NC(C)C(=O)N(C)C(C)C(=O)NC(C)C(=O)C(C)C. The second-order valence-electron chi connectivity index (χ2n) is 6.46. The first-order chi connectivity index (χ1) is 9.98. The normalized spacial score (nSPS) is 15.4. The molecule has 128 valence electrons. The van der Waals surface area contributed by atoms with Crippen LogP contribution in [-0.4, -0.2) is 53.7 Å². The lowest BCUT2D eigenvalue weighted by atomic mass is 10.0. The maximum absolute atomic E-state index is 12.3. The zero-order valence-corrected chi connectivity index (χ0v) is 15.1. The highest BCUT2D eigenvalue weighted by atomic mass is 16.2. The van der Waals surface area contributed by atoms with Crippen LogP contribution in [0.1, 0.15) is 48.5 Å². The highest BCUT2D eigenvalue weighted by Crippen LogP contribution is 2.04. The Labute approximate surface area is 134 Å². The van der Waals surface area contributed by atoms with Crippen LogP contribution in [0.2, 0.25) is 0 Å². The Hall–Kier alpha value is -1.43. The van der Waals surface area contributed by atoms with E-state index in [2.05, 4.69) is 10.6 Å². The topological polar surface area (TPSA) is 78.5 Å². The van der Waals surface area contributed by atoms with E-state index in [1.807, 2.05) is 13.8 Å². The average Bonchev–Trinajstić information content (AvgIpc) is 2.42. The third-order valence-electron chi connectivity index (χ3n) is 3.62. The first-order valence-electron chi connectivity index (χ1n) is 7.85. The molecule has 6 nitrogen and oxygen atoms in total. The highest BCUT2D eigenvalue weighted by molar-refractivity contribution is 5.93. The fourth-order valence-corrected chi connectivity index (χ4v) is 2.15. The van der Waals surface area contributed by atoms with Crippen molar-refractivity contribution in [1.82, 2.24) is 15.5 Å². The average molecular weight is 313 g/mol. The molecule has 0 saturated carbocycles. The summed E-state index contributed by atoms with van der Waals surface area (Å²) >= 11 is 0. The van der Waals surface area contributed by atoms with Gasteiger partial charge in [0.15, 0.2) is 5.78 Å². The molecule has 0 aliphatic heterocycles. The molecule has 0 spiro atoms. The summed E-state index contributed by atoms with van der Waals surface area (Å²) in [6.45, 7) is 12.6. The van der Waals surface area contributed by atoms with Gasteiger partial charge in [-0.3, -0.25) is 14.4 Å². The number of Topliss-reactive ketones (excluding diaryl/α,β-unsaturated/α-hetero) is 1. The molecule has 0 heterocycles. The van der Waals surface area contributed by atoms with Gasteiger partial charge in [0.2, 0.25) is 11.8 Å². The number of nitrogens with zero attached hydrogens (tertiary/aromatic N) is 1. The molecule has 0 aliphatic carbocycles. The van der Waals surface area contributed by atoms with E-state index in [0.29, 0.717) is 0 Å². The van der Waals surface area contributed by atoms with Gasteiger partial charge in [0.1, 0.15) is 6.04 Å². The van der Waals surface area contributed by atoms with Crippen LogP contribution >= 0.6 is 0 Å². The Kier molecular flexibility index (Phi) is 8.30. The molecule has 6 heteroatoms. The van der Waals surface area contributed by atoms with Crippen molar-refractivity contribution < 1.29 is 14.4 Å². The predicted molar refractivity (Wildman–Crippen MR) is 87.4 cm³/mol. The number of amides is 2. The summed E-state index contributed by atoms with van der Waals surface area (Å²) in [4.78, 5) is 37.7. The molecule has 22 heavy (non-hydrogen) atoms. The number of nitrogens with one attached hydrogen (secondary N) is 2. The van der Waals surface area contributed by atoms with E-state index in [9.17, 15) is 14.4 Å². The van der Waals surface area contributed by atoms with Gasteiger partial charge >= 0.3 is 0 Å². The van der Waals surface area contributed by atoms with Crippen molar-refractivity contribution in [2.75, 3.05) is 7.05 Å². The first kappa shape index (κ1) is 20.6. The number of hydrogen-bond acceptors (Lipinski definition) is 4. The lowest BCUT2D eigenvalue weighted by Crippen LogP contribution is -2.54. The molecule has 0 rings (SSSR count). The number of likely N-dealkylation sites (N-methyl/N-ethyl adjacent to an activating group) is 1.